The van der Waals surface area contributed by atoms with Crippen LogP contribution in [0.2, 0.25) is 0 Å². The normalized spacial score (nSPS) is 32.3. The Hall–Kier alpha value is -0.410. The van der Waals surface area contributed by atoms with Crippen molar-refractivity contribution >= 4 is 5.78 Å². The molecule has 2 rings (SSSR count). The van der Waals surface area contributed by atoms with Crippen molar-refractivity contribution < 1.29 is 9.53 Å². The number of ketones is 1. The van der Waals surface area contributed by atoms with Gasteiger partial charge < -0.3 is 9.64 Å². The maximum atomic E-state index is 11.7. The monoisotopic (exact) mass is 197 g/mol. The summed E-state index contributed by atoms with van der Waals surface area (Å²) in [6.45, 7) is 5.26. The number of carbonyl (C=O) groups excluding carboxylic acids is 1. The lowest BCUT2D eigenvalue weighted by Gasteiger charge is -2.48. The van der Waals surface area contributed by atoms with E-state index in [1.54, 1.807) is 6.92 Å². The van der Waals surface area contributed by atoms with Gasteiger partial charge in [-0.05, 0) is 39.3 Å². The fraction of sp³-hybridized carbons (Fsp3) is 0.909. The SMILES string of the molecule is CC(=O)C1(C2CCCN(C)C2)COC1. The number of hydrogen-bond donors (Lipinski definition) is 0. The third-order valence-corrected chi connectivity index (χ3v) is 3.83. The summed E-state index contributed by atoms with van der Waals surface area (Å²) in [5.74, 6) is 0.844. The van der Waals surface area contributed by atoms with Gasteiger partial charge in [0.05, 0.1) is 18.6 Å². The summed E-state index contributed by atoms with van der Waals surface area (Å²) in [6.07, 6.45) is 2.41. The highest BCUT2D eigenvalue weighted by molar-refractivity contribution is 5.83. The van der Waals surface area contributed by atoms with E-state index < -0.39 is 0 Å². The summed E-state index contributed by atoms with van der Waals surface area (Å²) < 4.78 is 5.25. The summed E-state index contributed by atoms with van der Waals surface area (Å²) in [5, 5.41) is 0. The largest absolute Gasteiger partial charge is 0.379 e. The summed E-state index contributed by atoms with van der Waals surface area (Å²) >= 11 is 0. The molecule has 0 bridgehead atoms. The molecule has 3 nitrogen and oxygen atoms in total. The average molecular weight is 197 g/mol. The Morgan fingerprint density at radius 2 is 2.21 bits per heavy atom. The smallest absolute Gasteiger partial charge is 0.140 e. The Bertz CT molecular complexity index is 235. The van der Waals surface area contributed by atoms with E-state index in [-0.39, 0.29) is 5.41 Å². The molecule has 0 radical (unpaired) electrons. The molecule has 2 aliphatic heterocycles. The quantitative estimate of drug-likeness (QED) is 0.659. The summed E-state index contributed by atoms with van der Waals surface area (Å²) in [6, 6.07) is 0. The lowest BCUT2D eigenvalue weighted by molar-refractivity contribution is -0.175. The van der Waals surface area contributed by atoms with E-state index in [4.69, 9.17) is 4.74 Å². The van der Waals surface area contributed by atoms with Gasteiger partial charge in [0, 0.05) is 6.54 Å². The molecule has 0 aromatic rings. The Morgan fingerprint density at radius 1 is 1.50 bits per heavy atom. The maximum absolute atomic E-state index is 11.7. The first-order chi connectivity index (χ1) is 6.65. The predicted molar refractivity (Wildman–Crippen MR) is 54.2 cm³/mol. The molecule has 0 N–H and O–H groups in total. The van der Waals surface area contributed by atoms with Crippen molar-refractivity contribution in [1.82, 2.24) is 4.90 Å². The lowest BCUT2D eigenvalue weighted by Crippen LogP contribution is -2.57. The van der Waals surface area contributed by atoms with Gasteiger partial charge in [0.25, 0.3) is 0 Å². The summed E-state index contributed by atoms with van der Waals surface area (Å²) in [7, 11) is 2.14. The predicted octanol–water partition coefficient (Wildman–Crippen LogP) is 0.934. The summed E-state index contributed by atoms with van der Waals surface area (Å²) in [5.41, 5.74) is -0.130. The van der Waals surface area contributed by atoms with Crippen molar-refractivity contribution in [3.8, 4) is 0 Å². The van der Waals surface area contributed by atoms with E-state index in [0.29, 0.717) is 24.9 Å². The van der Waals surface area contributed by atoms with Crippen molar-refractivity contribution in [2.45, 2.75) is 19.8 Å². The zero-order valence-electron chi connectivity index (χ0n) is 9.08. The van der Waals surface area contributed by atoms with Crippen LogP contribution in [0.5, 0.6) is 0 Å². The second kappa shape index (κ2) is 3.63. The number of likely N-dealkylation sites (tertiary alicyclic amines) is 1. The highest BCUT2D eigenvalue weighted by Gasteiger charge is 2.50. The molecule has 1 atom stereocenters. The maximum Gasteiger partial charge on any atom is 0.140 e. The van der Waals surface area contributed by atoms with Crippen molar-refractivity contribution in [3.63, 3.8) is 0 Å². The van der Waals surface area contributed by atoms with Crippen LogP contribution in [0.15, 0.2) is 0 Å². The molecular weight excluding hydrogens is 178 g/mol. The van der Waals surface area contributed by atoms with Crippen molar-refractivity contribution in [2.24, 2.45) is 11.3 Å². The van der Waals surface area contributed by atoms with Gasteiger partial charge >= 0.3 is 0 Å². The fourth-order valence-corrected chi connectivity index (χ4v) is 2.67. The molecule has 0 spiro atoms. The van der Waals surface area contributed by atoms with Gasteiger partial charge in [-0.15, -0.1) is 0 Å². The van der Waals surface area contributed by atoms with Crippen LogP contribution in [-0.4, -0.2) is 44.0 Å². The molecule has 3 heteroatoms. The van der Waals surface area contributed by atoms with Gasteiger partial charge in [-0.1, -0.05) is 0 Å². The van der Waals surface area contributed by atoms with Gasteiger partial charge in [-0.25, -0.2) is 0 Å². The number of carbonyl (C=O) groups is 1. The van der Waals surface area contributed by atoms with Crippen molar-refractivity contribution in [2.75, 3.05) is 33.4 Å². The lowest BCUT2D eigenvalue weighted by atomic mass is 9.68. The van der Waals surface area contributed by atoms with E-state index >= 15 is 0 Å². The first-order valence-corrected chi connectivity index (χ1v) is 5.42. The van der Waals surface area contributed by atoms with Crippen LogP contribution < -0.4 is 0 Å². The highest BCUT2D eigenvalue weighted by atomic mass is 16.5. The zero-order valence-corrected chi connectivity index (χ0v) is 9.08. The number of ether oxygens (including phenoxy) is 1. The molecule has 0 amide bonds. The minimum Gasteiger partial charge on any atom is -0.379 e. The molecule has 2 fully saturated rings. The Kier molecular flexibility index (Phi) is 2.62. The second-order valence-corrected chi connectivity index (χ2v) is 4.81. The molecule has 1 unspecified atom stereocenters. The Balaban J connectivity index is 2.07. The number of Topliss-reactive ketones (excluding diaryl/α,β-unsaturated/α-hetero) is 1. The average Bonchev–Trinajstić information content (AvgIpc) is 2.00. The third kappa shape index (κ3) is 1.48. The van der Waals surface area contributed by atoms with Gasteiger partial charge in [0.2, 0.25) is 0 Å². The van der Waals surface area contributed by atoms with Crippen LogP contribution in [0.1, 0.15) is 19.8 Å². The molecule has 2 saturated heterocycles. The number of nitrogens with zero attached hydrogens (tertiary/aromatic N) is 1. The van der Waals surface area contributed by atoms with Gasteiger partial charge in [-0.3, -0.25) is 4.79 Å². The van der Waals surface area contributed by atoms with Gasteiger partial charge in [-0.2, -0.15) is 0 Å². The van der Waals surface area contributed by atoms with Crippen LogP contribution in [0.4, 0.5) is 0 Å². The number of piperidine rings is 1. The molecule has 0 aromatic carbocycles. The molecule has 0 aromatic heterocycles. The zero-order chi connectivity index (χ0) is 10.2. The van der Waals surface area contributed by atoms with Crippen molar-refractivity contribution in [3.05, 3.63) is 0 Å². The first-order valence-electron chi connectivity index (χ1n) is 5.42. The van der Waals surface area contributed by atoms with Gasteiger partial charge in [0.15, 0.2) is 0 Å². The van der Waals surface area contributed by atoms with Crippen LogP contribution in [0, 0.1) is 11.3 Å². The van der Waals surface area contributed by atoms with Gasteiger partial charge in [0.1, 0.15) is 5.78 Å². The Morgan fingerprint density at radius 3 is 2.64 bits per heavy atom. The highest BCUT2D eigenvalue weighted by Crippen LogP contribution is 2.41. The van der Waals surface area contributed by atoms with Crippen molar-refractivity contribution in [1.29, 1.82) is 0 Å². The van der Waals surface area contributed by atoms with Crippen LogP contribution in [0.3, 0.4) is 0 Å². The van der Waals surface area contributed by atoms with Crippen LogP contribution in [0.25, 0.3) is 0 Å². The molecule has 0 aliphatic carbocycles. The molecule has 14 heavy (non-hydrogen) atoms. The molecular formula is C11H19NO2. The third-order valence-electron chi connectivity index (χ3n) is 3.83. The van der Waals surface area contributed by atoms with E-state index in [9.17, 15) is 4.79 Å². The topological polar surface area (TPSA) is 29.5 Å². The minimum absolute atomic E-state index is 0.130. The van der Waals surface area contributed by atoms with E-state index in [1.807, 2.05) is 0 Å². The fourth-order valence-electron chi connectivity index (χ4n) is 2.67. The minimum atomic E-state index is -0.130. The van der Waals surface area contributed by atoms with E-state index in [1.165, 1.54) is 19.4 Å². The van der Waals surface area contributed by atoms with E-state index in [2.05, 4.69) is 11.9 Å². The number of rotatable bonds is 2. The number of hydrogen-bond acceptors (Lipinski definition) is 3. The first kappa shape index (κ1) is 10.1. The standard InChI is InChI=1S/C11H19NO2/c1-9(13)11(7-14-8-11)10-4-3-5-12(2)6-10/h10H,3-8H2,1-2H3. The molecule has 0 saturated carbocycles. The van der Waals surface area contributed by atoms with Crippen LogP contribution in [-0.2, 0) is 9.53 Å². The van der Waals surface area contributed by atoms with E-state index in [0.717, 1.165) is 6.54 Å². The molecule has 2 heterocycles. The Labute approximate surface area is 85.4 Å². The molecule has 2 aliphatic rings. The molecule has 80 valence electrons. The van der Waals surface area contributed by atoms with Crippen LogP contribution >= 0.6 is 0 Å². The summed E-state index contributed by atoms with van der Waals surface area (Å²) in [4.78, 5) is 14.0. The second-order valence-electron chi connectivity index (χ2n) is 4.81.